The van der Waals surface area contributed by atoms with Crippen LogP contribution >= 0.6 is 0 Å². The number of likely N-dealkylation sites (tertiary alicyclic amines) is 1. The van der Waals surface area contributed by atoms with Gasteiger partial charge in [-0.1, -0.05) is 61.5 Å². The molecular weight excluding hydrogens is 426 g/mol. The number of benzene rings is 2. The van der Waals surface area contributed by atoms with Gasteiger partial charge in [0.05, 0.1) is 24.8 Å². The molecule has 1 fully saturated rings. The smallest absolute Gasteiger partial charge is 0.337 e. The second kappa shape index (κ2) is 13.1. The van der Waals surface area contributed by atoms with Crippen LogP contribution in [0, 0.1) is 5.92 Å². The highest BCUT2D eigenvalue weighted by Gasteiger charge is 2.28. The van der Waals surface area contributed by atoms with E-state index in [1.54, 1.807) is 6.07 Å². The van der Waals surface area contributed by atoms with Gasteiger partial charge in [0, 0.05) is 13.0 Å². The molecule has 3 rings (SSSR count). The number of methoxy groups -OCH3 is 1. The molecule has 5 heteroatoms. The van der Waals surface area contributed by atoms with Gasteiger partial charge in [0.15, 0.2) is 0 Å². The Bertz CT molecular complexity index is 956. The van der Waals surface area contributed by atoms with Crippen LogP contribution in [0.15, 0.2) is 66.7 Å². The van der Waals surface area contributed by atoms with Crippen LogP contribution in [0.3, 0.4) is 0 Å². The number of esters is 1. The third-order valence-electron chi connectivity index (χ3n) is 6.67. The molecule has 0 unspecified atom stereocenters. The third kappa shape index (κ3) is 7.56. The number of hydrogen-bond donors (Lipinski definition) is 1. The standard InChI is InChI=1S/C29H37NO4/c1-22(9-6-12-23-10-4-3-5-11-23)27(31)18-16-26-17-19-28(32)30(26)20-8-14-24-13-7-15-25(21-24)29(33)34-2/h3-5,7,10-11,13,15-16,18,21-22,26-27,31H,6,8-9,12,14,17,19-20H2,1-2H3/b18-16+/t22-,26-,27+/m0/s1. The fourth-order valence-electron chi connectivity index (χ4n) is 4.55. The molecule has 0 aromatic heterocycles. The minimum absolute atomic E-state index is 0.0417. The lowest BCUT2D eigenvalue weighted by Gasteiger charge is -2.23. The van der Waals surface area contributed by atoms with Gasteiger partial charge in [-0.2, -0.15) is 0 Å². The molecular formula is C29H37NO4. The quantitative estimate of drug-likeness (QED) is 0.356. The van der Waals surface area contributed by atoms with E-state index < -0.39 is 6.10 Å². The SMILES string of the molecule is COC(=O)c1cccc(CCCN2C(=O)CC[C@@H]2/C=C/[C@@H](O)[C@@H](C)CCCc2ccccc2)c1. The number of aliphatic hydroxyl groups excluding tert-OH is 1. The van der Waals surface area contributed by atoms with Gasteiger partial charge in [-0.3, -0.25) is 4.79 Å². The Hall–Kier alpha value is -2.92. The van der Waals surface area contributed by atoms with E-state index in [2.05, 4.69) is 31.2 Å². The Balaban J connectivity index is 1.45. The molecule has 0 spiro atoms. The number of aryl methyl sites for hydroxylation is 2. The number of aliphatic hydroxyl groups is 1. The molecule has 1 heterocycles. The van der Waals surface area contributed by atoms with Gasteiger partial charge in [0.25, 0.3) is 0 Å². The molecule has 0 bridgehead atoms. The second-order valence-electron chi connectivity index (χ2n) is 9.22. The summed E-state index contributed by atoms with van der Waals surface area (Å²) >= 11 is 0. The van der Waals surface area contributed by atoms with Gasteiger partial charge < -0.3 is 14.7 Å². The predicted octanol–water partition coefficient (Wildman–Crippen LogP) is 4.97. The predicted molar refractivity (Wildman–Crippen MR) is 135 cm³/mol. The molecule has 2 aromatic carbocycles. The number of amides is 1. The first-order valence-corrected chi connectivity index (χ1v) is 12.3. The normalized spacial score (nSPS) is 17.8. The maximum atomic E-state index is 12.4. The Morgan fingerprint density at radius 2 is 1.85 bits per heavy atom. The maximum Gasteiger partial charge on any atom is 0.337 e. The number of hydrogen-bond acceptors (Lipinski definition) is 4. The van der Waals surface area contributed by atoms with Crippen molar-refractivity contribution in [1.29, 1.82) is 0 Å². The highest BCUT2D eigenvalue weighted by atomic mass is 16.5. The number of carbonyl (C=O) groups is 2. The summed E-state index contributed by atoms with van der Waals surface area (Å²) < 4.78 is 4.79. The topological polar surface area (TPSA) is 66.8 Å². The van der Waals surface area contributed by atoms with E-state index in [9.17, 15) is 14.7 Å². The average molecular weight is 464 g/mol. The fraction of sp³-hybridized carbons (Fsp3) is 0.448. The van der Waals surface area contributed by atoms with E-state index in [0.29, 0.717) is 18.5 Å². The lowest BCUT2D eigenvalue weighted by Crippen LogP contribution is -2.33. The lowest BCUT2D eigenvalue weighted by molar-refractivity contribution is -0.128. The van der Waals surface area contributed by atoms with Crippen molar-refractivity contribution in [2.45, 2.75) is 64.0 Å². The van der Waals surface area contributed by atoms with Crippen molar-refractivity contribution in [3.63, 3.8) is 0 Å². The lowest BCUT2D eigenvalue weighted by atomic mass is 9.95. The molecule has 5 nitrogen and oxygen atoms in total. The Kier molecular flexibility index (Phi) is 9.89. The number of ether oxygens (including phenoxy) is 1. The van der Waals surface area contributed by atoms with Gasteiger partial charge in [0.2, 0.25) is 5.91 Å². The molecule has 0 saturated carbocycles. The van der Waals surface area contributed by atoms with Crippen LogP contribution in [0.2, 0.25) is 0 Å². The van der Waals surface area contributed by atoms with Crippen LogP contribution in [0.4, 0.5) is 0 Å². The van der Waals surface area contributed by atoms with E-state index in [4.69, 9.17) is 4.74 Å². The van der Waals surface area contributed by atoms with Crippen molar-refractivity contribution in [2.75, 3.05) is 13.7 Å². The third-order valence-corrected chi connectivity index (χ3v) is 6.67. The number of carbonyl (C=O) groups excluding carboxylic acids is 2. The molecule has 3 atom stereocenters. The minimum Gasteiger partial charge on any atom is -0.465 e. The van der Waals surface area contributed by atoms with Gasteiger partial charge in [-0.15, -0.1) is 0 Å². The summed E-state index contributed by atoms with van der Waals surface area (Å²) in [6.07, 6.45) is 9.36. The van der Waals surface area contributed by atoms with Crippen LogP contribution in [-0.4, -0.2) is 47.7 Å². The van der Waals surface area contributed by atoms with E-state index in [0.717, 1.165) is 44.1 Å². The van der Waals surface area contributed by atoms with Crippen molar-refractivity contribution in [2.24, 2.45) is 5.92 Å². The van der Waals surface area contributed by atoms with Crippen molar-refractivity contribution in [1.82, 2.24) is 4.90 Å². The first-order chi connectivity index (χ1) is 16.5. The van der Waals surface area contributed by atoms with E-state index in [-0.39, 0.29) is 23.8 Å². The van der Waals surface area contributed by atoms with Crippen LogP contribution in [0.25, 0.3) is 0 Å². The maximum absolute atomic E-state index is 12.4. The summed E-state index contributed by atoms with van der Waals surface area (Å²) in [6.45, 7) is 2.75. The summed E-state index contributed by atoms with van der Waals surface area (Å²) in [6, 6.07) is 17.9. The summed E-state index contributed by atoms with van der Waals surface area (Å²) in [4.78, 5) is 26.1. The first kappa shape index (κ1) is 25.7. The van der Waals surface area contributed by atoms with Crippen molar-refractivity contribution in [3.05, 3.63) is 83.4 Å². The Morgan fingerprint density at radius 3 is 2.62 bits per heavy atom. The van der Waals surface area contributed by atoms with Crippen LogP contribution in [0.5, 0.6) is 0 Å². The van der Waals surface area contributed by atoms with Gasteiger partial charge in [-0.25, -0.2) is 4.79 Å². The van der Waals surface area contributed by atoms with Crippen molar-refractivity contribution >= 4 is 11.9 Å². The highest BCUT2D eigenvalue weighted by Crippen LogP contribution is 2.22. The van der Waals surface area contributed by atoms with E-state index in [1.165, 1.54) is 12.7 Å². The number of nitrogens with zero attached hydrogens (tertiary/aromatic N) is 1. The molecule has 1 amide bonds. The highest BCUT2D eigenvalue weighted by molar-refractivity contribution is 5.89. The molecule has 1 aliphatic heterocycles. The van der Waals surface area contributed by atoms with E-state index >= 15 is 0 Å². The monoisotopic (exact) mass is 463 g/mol. The molecule has 0 radical (unpaired) electrons. The zero-order chi connectivity index (χ0) is 24.3. The van der Waals surface area contributed by atoms with Gasteiger partial charge in [0.1, 0.15) is 0 Å². The van der Waals surface area contributed by atoms with Gasteiger partial charge in [-0.05, 0) is 67.7 Å². The Morgan fingerprint density at radius 1 is 1.12 bits per heavy atom. The van der Waals surface area contributed by atoms with Crippen LogP contribution < -0.4 is 0 Å². The Labute approximate surface area is 203 Å². The van der Waals surface area contributed by atoms with Crippen LogP contribution in [-0.2, 0) is 22.4 Å². The molecule has 1 aliphatic rings. The zero-order valence-electron chi connectivity index (χ0n) is 20.4. The average Bonchev–Trinajstić information content (AvgIpc) is 3.21. The summed E-state index contributed by atoms with van der Waals surface area (Å²) in [7, 11) is 1.38. The molecule has 34 heavy (non-hydrogen) atoms. The molecule has 0 aliphatic carbocycles. The zero-order valence-corrected chi connectivity index (χ0v) is 20.4. The number of rotatable bonds is 12. The summed E-state index contributed by atoms with van der Waals surface area (Å²) in [5, 5.41) is 10.6. The van der Waals surface area contributed by atoms with Crippen molar-refractivity contribution < 1.29 is 19.4 Å². The molecule has 1 saturated heterocycles. The molecule has 182 valence electrons. The van der Waals surface area contributed by atoms with Gasteiger partial charge >= 0.3 is 5.97 Å². The second-order valence-corrected chi connectivity index (χ2v) is 9.22. The fourth-order valence-corrected chi connectivity index (χ4v) is 4.55. The van der Waals surface area contributed by atoms with Crippen molar-refractivity contribution in [3.8, 4) is 0 Å². The van der Waals surface area contributed by atoms with E-state index in [1.807, 2.05) is 41.3 Å². The summed E-state index contributed by atoms with van der Waals surface area (Å²) in [5.74, 6) is 0.00517. The first-order valence-electron chi connectivity index (χ1n) is 12.3. The molecule has 1 N–H and O–H groups in total. The molecule has 2 aromatic rings. The minimum atomic E-state index is -0.505. The van der Waals surface area contributed by atoms with Crippen LogP contribution in [0.1, 0.15) is 60.5 Å². The summed E-state index contributed by atoms with van der Waals surface area (Å²) in [5.41, 5.74) is 2.93. The largest absolute Gasteiger partial charge is 0.465 e.